The largest absolute Gasteiger partial charge is 0.155 e. The van der Waals surface area contributed by atoms with E-state index in [0.717, 1.165) is 22.3 Å². The molecule has 0 amide bonds. The first-order valence-electron chi connectivity index (χ1n) is 4.91. The highest BCUT2D eigenvalue weighted by atomic mass is 32.2. The molecule has 0 spiro atoms. The van der Waals surface area contributed by atoms with Gasteiger partial charge in [-0.15, -0.1) is 0 Å². The van der Waals surface area contributed by atoms with Crippen molar-refractivity contribution in [2.45, 2.75) is 50.0 Å². The SMILES string of the molecule is CC1CCC2SC(C)CC2C1. The molecule has 0 aromatic carbocycles. The zero-order valence-corrected chi connectivity index (χ0v) is 8.36. The van der Waals surface area contributed by atoms with Gasteiger partial charge in [0.2, 0.25) is 0 Å². The lowest BCUT2D eigenvalue weighted by Crippen LogP contribution is -2.21. The van der Waals surface area contributed by atoms with Gasteiger partial charge in [-0.3, -0.25) is 0 Å². The summed E-state index contributed by atoms with van der Waals surface area (Å²) in [6.45, 7) is 4.82. The fourth-order valence-electron chi connectivity index (χ4n) is 2.68. The lowest BCUT2D eigenvalue weighted by atomic mass is 9.80. The number of fused-ring (bicyclic) bond motifs is 1. The predicted molar refractivity (Wildman–Crippen MR) is 52.0 cm³/mol. The maximum Gasteiger partial charge on any atom is 0.00786 e. The average Bonchev–Trinajstić information content (AvgIpc) is 2.27. The van der Waals surface area contributed by atoms with Crippen LogP contribution in [0.4, 0.5) is 0 Å². The molecule has 2 rings (SSSR count). The normalized spacial score (nSPS) is 50.7. The van der Waals surface area contributed by atoms with Crippen molar-refractivity contribution in [2.24, 2.45) is 11.8 Å². The van der Waals surface area contributed by atoms with Crippen molar-refractivity contribution in [1.82, 2.24) is 0 Å². The molecule has 4 atom stereocenters. The van der Waals surface area contributed by atoms with Gasteiger partial charge in [0.05, 0.1) is 0 Å². The van der Waals surface area contributed by atoms with Gasteiger partial charge >= 0.3 is 0 Å². The van der Waals surface area contributed by atoms with Crippen LogP contribution in [0.1, 0.15) is 39.5 Å². The third kappa shape index (κ3) is 1.58. The van der Waals surface area contributed by atoms with Crippen LogP contribution in [0.3, 0.4) is 0 Å². The first-order chi connectivity index (χ1) is 5.25. The number of rotatable bonds is 0. The Bertz CT molecular complexity index is 144. The van der Waals surface area contributed by atoms with Crippen LogP contribution >= 0.6 is 11.8 Å². The Hall–Kier alpha value is 0.350. The lowest BCUT2D eigenvalue weighted by Gasteiger charge is -2.28. The fraction of sp³-hybridized carbons (Fsp3) is 1.00. The molecule has 0 N–H and O–H groups in total. The summed E-state index contributed by atoms with van der Waals surface area (Å²) in [5.41, 5.74) is 0. The molecule has 1 saturated carbocycles. The van der Waals surface area contributed by atoms with Gasteiger partial charge in [0, 0.05) is 10.5 Å². The van der Waals surface area contributed by atoms with E-state index in [0.29, 0.717) is 0 Å². The third-order valence-corrected chi connectivity index (χ3v) is 4.84. The summed E-state index contributed by atoms with van der Waals surface area (Å²) in [4.78, 5) is 0. The highest BCUT2D eigenvalue weighted by Crippen LogP contribution is 2.47. The molecule has 1 heterocycles. The molecular formula is C10H18S. The summed E-state index contributed by atoms with van der Waals surface area (Å²) in [5, 5.41) is 2.00. The van der Waals surface area contributed by atoms with Gasteiger partial charge in [-0.25, -0.2) is 0 Å². The Morgan fingerprint density at radius 2 is 1.91 bits per heavy atom. The van der Waals surface area contributed by atoms with E-state index in [1.807, 2.05) is 0 Å². The fourth-order valence-corrected chi connectivity index (χ4v) is 4.35. The van der Waals surface area contributed by atoms with Gasteiger partial charge in [0.15, 0.2) is 0 Å². The predicted octanol–water partition coefficient (Wildman–Crippen LogP) is 3.32. The molecule has 1 aliphatic heterocycles. The maximum atomic E-state index is 2.42. The van der Waals surface area contributed by atoms with Crippen LogP contribution in [0.25, 0.3) is 0 Å². The summed E-state index contributed by atoms with van der Waals surface area (Å²) in [6.07, 6.45) is 6.00. The minimum Gasteiger partial charge on any atom is -0.155 e. The van der Waals surface area contributed by atoms with Crippen LogP contribution in [-0.4, -0.2) is 10.5 Å². The van der Waals surface area contributed by atoms with Crippen molar-refractivity contribution in [2.75, 3.05) is 0 Å². The zero-order chi connectivity index (χ0) is 7.84. The molecule has 0 nitrogen and oxygen atoms in total. The minimum atomic E-state index is 0.954. The number of hydrogen-bond donors (Lipinski definition) is 0. The second-order valence-corrected chi connectivity index (χ2v) is 6.08. The number of hydrogen-bond acceptors (Lipinski definition) is 1. The van der Waals surface area contributed by atoms with E-state index in [1.54, 1.807) is 0 Å². The molecule has 1 aliphatic carbocycles. The molecule has 0 radical (unpaired) electrons. The van der Waals surface area contributed by atoms with Crippen LogP contribution in [0.15, 0.2) is 0 Å². The van der Waals surface area contributed by atoms with Crippen LogP contribution < -0.4 is 0 Å². The molecule has 1 saturated heterocycles. The van der Waals surface area contributed by atoms with E-state index in [2.05, 4.69) is 25.6 Å². The Balaban J connectivity index is 1.97. The van der Waals surface area contributed by atoms with Gasteiger partial charge in [-0.05, 0) is 37.5 Å². The number of thioether (sulfide) groups is 1. The third-order valence-electron chi connectivity index (χ3n) is 3.22. The molecule has 2 fully saturated rings. The summed E-state index contributed by atoms with van der Waals surface area (Å²) >= 11 is 2.25. The molecule has 0 aromatic rings. The summed E-state index contributed by atoms with van der Waals surface area (Å²) in [6, 6.07) is 0. The Morgan fingerprint density at radius 3 is 2.73 bits per heavy atom. The maximum absolute atomic E-state index is 2.42. The van der Waals surface area contributed by atoms with Crippen molar-refractivity contribution >= 4 is 11.8 Å². The van der Waals surface area contributed by atoms with Crippen LogP contribution in [0.2, 0.25) is 0 Å². The first kappa shape index (κ1) is 7.97. The standard InChI is InChI=1S/C10H18S/c1-7-3-4-10-9(5-7)6-8(2)11-10/h7-10H,3-6H2,1-2H3. The molecule has 4 unspecified atom stereocenters. The van der Waals surface area contributed by atoms with E-state index in [-0.39, 0.29) is 0 Å². The van der Waals surface area contributed by atoms with Gasteiger partial charge in [-0.2, -0.15) is 11.8 Å². The van der Waals surface area contributed by atoms with Crippen molar-refractivity contribution in [3.05, 3.63) is 0 Å². The van der Waals surface area contributed by atoms with E-state index in [1.165, 1.54) is 25.7 Å². The Kier molecular flexibility index (Phi) is 2.18. The van der Waals surface area contributed by atoms with Gasteiger partial charge in [0.25, 0.3) is 0 Å². The van der Waals surface area contributed by atoms with Crippen molar-refractivity contribution in [3.8, 4) is 0 Å². The molecule has 0 bridgehead atoms. The molecule has 11 heavy (non-hydrogen) atoms. The molecule has 0 aromatic heterocycles. The lowest BCUT2D eigenvalue weighted by molar-refractivity contribution is 0.292. The van der Waals surface area contributed by atoms with E-state index >= 15 is 0 Å². The van der Waals surface area contributed by atoms with Crippen LogP contribution in [0, 0.1) is 11.8 Å². The molecule has 2 aliphatic rings. The highest BCUT2D eigenvalue weighted by Gasteiger charge is 2.36. The molecular weight excluding hydrogens is 152 g/mol. The average molecular weight is 170 g/mol. The van der Waals surface area contributed by atoms with E-state index in [9.17, 15) is 0 Å². The topological polar surface area (TPSA) is 0 Å². The Morgan fingerprint density at radius 1 is 1.09 bits per heavy atom. The minimum absolute atomic E-state index is 0.954. The van der Waals surface area contributed by atoms with Crippen molar-refractivity contribution in [3.63, 3.8) is 0 Å². The van der Waals surface area contributed by atoms with E-state index < -0.39 is 0 Å². The van der Waals surface area contributed by atoms with Crippen molar-refractivity contribution < 1.29 is 0 Å². The van der Waals surface area contributed by atoms with Gasteiger partial charge in [0.1, 0.15) is 0 Å². The van der Waals surface area contributed by atoms with Gasteiger partial charge < -0.3 is 0 Å². The highest BCUT2D eigenvalue weighted by molar-refractivity contribution is 8.00. The second kappa shape index (κ2) is 3.01. The van der Waals surface area contributed by atoms with Crippen molar-refractivity contribution in [1.29, 1.82) is 0 Å². The van der Waals surface area contributed by atoms with E-state index in [4.69, 9.17) is 0 Å². The summed E-state index contributed by atoms with van der Waals surface area (Å²) in [5.74, 6) is 2.10. The van der Waals surface area contributed by atoms with Gasteiger partial charge in [-0.1, -0.05) is 13.8 Å². The first-order valence-corrected chi connectivity index (χ1v) is 5.85. The summed E-state index contributed by atoms with van der Waals surface area (Å²) < 4.78 is 0. The zero-order valence-electron chi connectivity index (χ0n) is 7.55. The van der Waals surface area contributed by atoms with Crippen LogP contribution in [-0.2, 0) is 0 Å². The quantitative estimate of drug-likeness (QED) is 0.537. The Labute approximate surface area is 74.1 Å². The smallest absolute Gasteiger partial charge is 0.00786 e. The molecule has 64 valence electrons. The molecule has 1 heteroatoms. The monoisotopic (exact) mass is 170 g/mol. The summed E-state index contributed by atoms with van der Waals surface area (Å²) in [7, 11) is 0. The second-order valence-electron chi connectivity index (χ2n) is 4.40. The van der Waals surface area contributed by atoms with Crippen LogP contribution in [0.5, 0.6) is 0 Å².